The zero-order valence-electron chi connectivity index (χ0n) is 10.5. The molecule has 0 amide bonds. The molecule has 3 aliphatic rings. The van der Waals surface area contributed by atoms with Crippen LogP contribution in [0.3, 0.4) is 0 Å². The molecule has 3 rings (SSSR count). The first kappa shape index (κ1) is 11.3. The van der Waals surface area contributed by atoms with E-state index < -0.39 is 5.41 Å². The third-order valence-electron chi connectivity index (χ3n) is 5.79. The lowest BCUT2D eigenvalue weighted by molar-refractivity contribution is -0.151. The number of aliphatic hydroxyl groups excluding tert-OH is 1. The summed E-state index contributed by atoms with van der Waals surface area (Å²) in [4.78, 5) is 12.1. The summed E-state index contributed by atoms with van der Waals surface area (Å²) >= 11 is 0. The average Bonchev–Trinajstić information content (AvgIpc) is 2.58. The van der Waals surface area contributed by atoms with Crippen LogP contribution >= 0.6 is 0 Å². The van der Waals surface area contributed by atoms with Crippen LogP contribution in [0, 0.1) is 22.7 Å². The largest absolute Gasteiger partial charge is 0.461 e. The highest BCUT2D eigenvalue weighted by Crippen LogP contribution is 2.64. The summed E-state index contributed by atoms with van der Waals surface area (Å²) in [6, 6.07) is 0. The van der Waals surface area contributed by atoms with Crippen molar-refractivity contribution in [3.8, 4) is 0 Å². The highest BCUT2D eigenvalue weighted by Gasteiger charge is 2.66. The van der Waals surface area contributed by atoms with E-state index in [9.17, 15) is 9.90 Å². The van der Waals surface area contributed by atoms with Gasteiger partial charge in [-0.05, 0) is 30.6 Å². The second-order valence-corrected chi connectivity index (χ2v) is 6.32. The molecule has 2 saturated carbocycles. The lowest BCUT2D eigenvalue weighted by atomic mass is 9.48. The van der Waals surface area contributed by atoms with E-state index >= 15 is 0 Å². The first-order chi connectivity index (χ1) is 7.95. The average molecular weight is 236 g/mol. The molecule has 17 heavy (non-hydrogen) atoms. The smallest absolute Gasteiger partial charge is 0.315 e. The molecular formula is C14H20O3. The lowest BCUT2D eigenvalue weighted by Crippen LogP contribution is -2.52. The summed E-state index contributed by atoms with van der Waals surface area (Å²) in [5.74, 6) is 0.334. The molecule has 3 nitrogen and oxygen atoms in total. The van der Waals surface area contributed by atoms with Gasteiger partial charge < -0.3 is 9.84 Å². The van der Waals surface area contributed by atoms with E-state index in [-0.39, 0.29) is 30.0 Å². The summed E-state index contributed by atoms with van der Waals surface area (Å²) < 4.78 is 5.52. The first-order valence-electron chi connectivity index (χ1n) is 6.47. The summed E-state index contributed by atoms with van der Waals surface area (Å²) in [6.45, 7) is 8.62. The predicted octanol–water partition coefficient (Wildman–Crippen LogP) is 1.90. The highest BCUT2D eigenvalue weighted by atomic mass is 16.6. The maximum absolute atomic E-state index is 12.1. The van der Waals surface area contributed by atoms with Crippen LogP contribution in [0.4, 0.5) is 0 Å². The second kappa shape index (κ2) is 3.14. The SMILES string of the molecule is C=C1[C@H]2[C@H]3C[C@H](C)[C@@]1(C)CC[C@@]2(CO)C(=O)O3. The van der Waals surface area contributed by atoms with E-state index in [0.29, 0.717) is 5.92 Å². The van der Waals surface area contributed by atoms with Crippen molar-refractivity contribution in [2.24, 2.45) is 22.7 Å². The van der Waals surface area contributed by atoms with Crippen molar-refractivity contribution in [2.75, 3.05) is 6.61 Å². The van der Waals surface area contributed by atoms with Crippen LogP contribution in [-0.4, -0.2) is 23.8 Å². The number of carbonyl (C=O) groups is 1. The van der Waals surface area contributed by atoms with Crippen molar-refractivity contribution in [2.45, 2.75) is 39.2 Å². The van der Waals surface area contributed by atoms with Gasteiger partial charge in [0.1, 0.15) is 11.5 Å². The monoisotopic (exact) mass is 236 g/mol. The summed E-state index contributed by atoms with van der Waals surface area (Å²) in [6.07, 6.45) is 2.54. The fourth-order valence-electron chi connectivity index (χ4n) is 4.22. The molecule has 1 N–H and O–H groups in total. The van der Waals surface area contributed by atoms with Crippen molar-refractivity contribution < 1.29 is 14.6 Å². The lowest BCUT2D eigenvalue weighted by Gasteiger charge is -2.53. The van der Waals surface area contributed by atoms with E-state index in [1.807, 2.05) is 0 Å². The van der Waals surface area contributed by atoms with Gasteiger partial charge in [0.15, 0.2) is 0 Å². The Balaban J connectivity index is 2.11. The quantitative estimate of drug-likeness (QED) is 0.558. The Hall–Kier alpha value is -0.830. The van der Waals surface area contributed by atoms with Crippen LogP contribution in [-0.2, 0) is 9.53 Å². The zero-order chi connectivity index (χ0) is 12.4. The minimum Gasteiger partial charge on any atom is -0.461 e. The van der Waals surface area contributed by atoms with Gasteiger partial charge >= 0.3 is 5.97 Å². The maximum Gasteiger partial charge on any atom is 0.315 e. The number of hydrogen-bond donors (Lipinski definition) is 1. The number of hydrogen-bond acceptors (Lipinski definition) is 3. The number of rotatable bonds is 1. The van der Waals surface area contributed by atoms with Crippen molar-refractivity contribution in [1.29, 1.82) is 0 Å². The Labute approximate surface area is 102 Å². The van der Waals surface area contributed by atoms with Crippen molar-refractivity contribution in [3.05, 3.63) is 12.2 Å². The van der Waals surface area contributed by atoms with Crippen molar-refractivity contribution in [3.63, 3.8) is 0 Å². The van der Waals surface area contributed by atoms with Crippen LogP contribution < -0.4 is 0 Å². The highest BCUT2D eigenvalue weighted by molar-refractivity contribution is 5.81. The molecule has 0 spiro atoms. The Morgan fingerprint density at radius 2 is 2.24 bits per heavy atom. The zero-order valence-corrected chi connectivity index (χ0v) is 10.5. The molecule has 1 heterocycles. The van der Waals surface area contributed by atoms with Crippen molar-refractivity contribution in [1.82, 2.24) is 0 Å². The molecule has 1 saturated heterocycles. The van der Waals surface area contributed by atoms with E-state index in [1.54, 1.807) is 0 Å². The number of aliphatic hydroxyl groups is 1. The molecule has 2 aliphatic carbocycles. The molecule has 3 fully saturated rings. The van der Waals surface area contributed by atoms with Gasteiger partial charge in [-0.25, -0.2) is 0 Å². The molecular weight excluding hydrogens is 216 g/mol. The van der Waals surface area contributed by atoms with Gasteiger partial charge in [0.05, 0.1) is 6.61 Å². The van der Waals surface area contributed by atoms with Gasteiger partial charge in [-0.2, -0.15) is 0 Å². The van der Waals surface area contributed by atoms with Crippen molar-refractivity contribution >= 4 is 5.97 Å². The third kappa shape index (κ3) is 1.09. The fourth-order valence-corrected chi connectivity index (χ4v) is 4.22. The van der Waals surface area contributed by atoms with Gasteiger partial charge in [0.2, 0.25) is 0 Å². The number of carbonyl (C=O) groups excluding carboxylic acids is 1. The maximum atomic E-state index is 12.1. The van der Waals surface area contributed by atoms with Gasteiger partial charge in [-0.3, -0.25) is 4.79 Å². The van der Waals surface area contributed by atoms with E-state index in [0.717, 1.165) is 24.8 Å². The topological polar surface area (TPSA) is 46.5 Å². The second-order valence-electron chi connectivity index (χ2n) is 6.32. The molecule has 2 bridgehead atoms. The van der Waals surface area contributed by atoms with Gasteiger partial charge in [-0.15, -0.1) is 0 Å². The van der Waals surface area contributed by atoms with Crippen LogP contribution in [0.15, 0.2) is 12.2 Å². The van der Waals surface area contributed by atoms with Crippen LogP contribution in [0.25, 0.3) is 0 Å². The molecule has 5 atom stereocenters. The number of fused-ring (bicyclic) bond motifs is 1. The summed E-state index contributed by atoms with van der Waals surface area (Å²) in [7, 11) is 0. The summed E-state index contributed by atoms with van der Waals surface area (Å²) in [5, 5.41) is 9.68. The fraction of sp³-hybridized carbons (Fsp3) is 0.786. The van der Waals surface area contributed by atoms with Gasteiger partial charge in [-0.1, -0.05) is 26.0 Å². The number of esters is 1. The predicted molar refractivity (Wildman–Crippen MR) is 63.2 cm³/mol. The van der Waals surface area contributed by atoms with E-state index in [1.165, 1.54) is 0 Å². The minimum atomic E-state index is -0.679. The molecule has 0 aromatic rings. The molecule has 94 valence electrons. The summed E-state index contributed by atoms with van der Waals surface area (Å²) in [5.41, 5.74) is 0.572. The Morgan fingerprint density at radius 3 is 2.88 bits per heavy atom. The minimum absolute atomic E-state index is 0.0370. The molecule has 0 aromatic heterocycles. The Bertz CT molecular complexity index is 402. The molecule has 3 heteroatoms. The molecule has 0 unspecified atom stereocenters. The van der Waals surface area contributed by atoms with Crippen LogP contribution in [0.5, 0.6) is 0 Å². The van der Waals surface area contributed by atoms with Crippen LogP contribution in [0.2, 0.25) is 0 Å². The van der Waals surface area contributed by atoms with Crippen LogP contribution in [0.1, 0.15) is 33.1 Å². The molecule has 0 aromatic carbocycles. The number of ether oxygens (including phenoxy) is 1. The third-order valence-corrected chi connectivity index (χ3v) is 5.79. The van der Waals surface area contributed by atoms with Gasteiger partial charge in [0.25, 0.3) is 0 Å². The molecule has 0 radical (unpaired) electrons. The first-order valence-corrected chi connectivity index (χ1v) is 6.47. The van der Waals surface area contributed by atoms with E-state index in [4.69, 9.17) is 4.74 Å². The standard InChI is InChI=1S/C14H20O3/c1-8-6-10-11-9(2)13(8,3)4-5-14(11,7-15)12(16)17-10/h8,10-11,15H,2,4-7H2,1,3H3/t8-,10+,11-,13+,14-/m0/s1. The van der Waals surface area contributed by atoms with E-state index in [2.05, 4.69) is 20.4 Å². The Morgan fingerprint density at radius 1 is 1.53 bits per heavy atom. The Kier molecular flexibility index (Phi) is 2.08. The van der Waals surface area contributed by atoms with Gasteiger partial charge in [0, 0.05) is 5.92 Å². The molecule has 1 aliphatic heterocycles. The normalized spacial score (nSPS) is 52.5.